The van der Waals surface area contributed by atoms with E-state index >= 15 is 0 Å². The van der Waals surface area contributed by atoms with Crippen LogP contribution in [0.2, 0.25) is 0 Å². The number of ether oxygens (including phenoxy) is 1. The van der Waals surface area contributed by atoms with E-state index in [1.165, 1.54) is 18.6 Å². The summed E-state index contributed by atoms with van der Waals surface area (Å²) < 4.78 is 34.1. The number of carbonyl (C=O) groups excluding carboxylic acids is 1. The van der Waals surface area contributed by atoms with E-state index in [9.17, 15) is 13.2 Å². The lowest BCUT2D eigenvalue weighted by molar-refractivity contribution is -0.118. The van der Waals surface area contributed by atoms with Gasteiger partial charge in [0.2, 0.25) is 10.0 Å². The first-order valence-corrected chi connectivity index (χ1v) is 10.2. The molecule has 0 radical (unpaired) electrons. The van der Waals surface area contributed by atoms with Crippen LogP contribution in [0.4, 0.5) is 5.69 Å². The summed E-state index contributed by atoms with van der Waals surface area (Å²) in [6.45, 7) is 6.66. The Morgan fingerprint density at radius 2 is 2.04 bits per heavy atom. The highest BCUT2D eigenvalue weighted by Gasteiger charge is 2.61. The molecule has 3 aliphatic rings. The highest BCUT2D eigenvalue weighted by molar-refractivity contribution is 7.89. The Bertz CT molecular complexity index is 849. The highest BCUT2D eigenvalue weighted by atomic mass is 32.2. The third-order valence-corrected chi connectivity index (χ3v) is 8.45. The predicted molar refractivity (Wildman–Crippen MR) is 93.9 cm³/mol. The maximum absolute atomic E-state index is 12.9. The molecule has 4 rings (SSSR count). The molecule has 0 aromatic heterocycles. The average molecular weight is 364 g/mol. The molecule has 1 aromatic rings. The fraction of sp³-hybridized carbons (Fsp3) is 0.611. The summed E-state index contributed by atoms with van der Waals surface area (Å²) in [5, 5.41) is 2.66. The molecular weight excluding hydrogens is 340 g/mol. The average Bonchev–Trinajstić information content (AvgIpc) is 2.87. The molecule has 1 aromatic carbocycles. The number of anilines is 1. The minimum absolute atomic E-state index is 0.0315. The smallest absolute Gasteiger partial charge is 0.262 e. The summed E-state index contributed by atoms with van der Waals surface area (Å²) in [5.74, 6) is 0.769. The molecule has 2 fully saturated rings. The van der Waals surface area contributed by atoms with Gasteiger partial charge < -0.3 is 10.1 Å². The van der Waals surface area contributed by atoms with Crippen molar-refractivity contribution >= 4 is 21.6 Å². The topological polar surface area (TPSA) is 84.5 Å². The van der Waals surface area contributed by atoms with E-state index < -0.39 is 10.0 Å². The Labute approximate surface area is 148 Å². The molecule has 3 unspecified atom stereocenters. The van der Waals surface area contributed by atoms with E-state index in [1.54, 1.807) is 6.07 Å². The SMILES string of the molecule is CC1(C)C2CCC1(C)C(NS(=O)(=O)c1ccc3c(c1)NC(=O)CO3)C2. The third kappa shape index (κ3) is 2.39. The summed E-state index contributed by atoms with van der Waals surface area (Å²) in [5.41, 5.74) is 0.507. The number of fused-ring (bicyclic) bond motifs is 3. The lowest BCUT2D eigenvalue weighted by Gasteiger charge is -2.39. The Morgan fingerprint density at radius 3 is 2.68 bits per heavy atom. The van der Waals surface area contributed by atoms with Gasteiger partial charge >= 0.3 is 0 Å². The van der Waals surface area contributed by atoms with Crippen molar-refractivity contribution in [1.82, 2.24) is 4.72 Å². The molecule has 2 aliphatic carbocycles. The van der Waals surface area contributed by atoms with Crippen LogP contribution in [0, 0.1) is 16.7 Å². The number of hydrogen-bond acceptors (Lipinski definition) is 4. The van der Waals surface area contributed by atoms with Crippen LogP contribution in [-0.4, -0.2) is 27.0 Å². The molecule has 7 heteroatoms. The molecule has 25 heavy (non-hydrogen) atoms. The van der Waals surface area contributed by atoms with Crippen LogP contribution in [0.5, 0.6) is 5.75 Å². The minimum atomic E-state index is -3.66. The van der Waals surface area contributed by atoms with Gasteiger partial charge in [-0.1, -0.05) is 20.8 Å². The van der Waals surface area contributed by atoms with Crippen molar-refractivity contribution in [2.75, 3.05) is 11.9 Å². The maximum Gasteiger partial charge on any atom is 0.262 e. The number of sulfonamides is 1. The summed E-state index contributed by atoms with van der Waals surface area (Å²) in [4.78, 5) is 11.6. The summed E-state index contributed by atoms with van der Waals surface area (Å²) in [6, 6.07) is 4.53. The van der Waals surface area contributed by atoms with Gasteiger partial charge in [-0.25, -0.2) is 13.1 Å². The molecule has 1 aliphatic heterocycles. The number of carbonyl (C=O) groups is 1. The molecule has 6 nitrogen and oxygen atoms in total. The second-order valence-corrected chi connectivity index (χ2v) is 9.99. The first kappa shape index (κ1) is 16.8. The second kappa shape index (κ2) is 5.20. The second-order valence-electron chi connectivity index (χ2n) is 8.28. The van der Waals surface area contributed by atoms with Crippen molar-refractivity contribution < 1.29 is 17.9 Å². The van der Waals surface area contributed by atoms with Gasteiger partial charge in [-0.2, -0.15) is 0 Å². The Hall–Kier alpha value is -1.60. The van der Waals surface area contributed by atoms with E-state index in [0.29, 0.717) is 17.4 Å². The minimum Gasteiger partial charge on any atom is -0.482 e. The maximum atomic E-state index is 12.9. The standard InChI is InChI=1S/C18H24N2O4S/c1-17(2)11-6-7-18(17,3)15(8-11)20-25(22,23)12-4-5-14-13(9-12)19-16(21)10-24-14/h4-5,9,11,15,20H,6-8,10H2,1-3H3,(H,19,21). The molecule has 2 N–H and O–H groups in total. The van der Waals surface area contributed by atoms with Gasteiger partial charge in [0.25, 0.3) is 5.91 Å². The number of nitrogens with one attached hydrogen (secondary N) is 2. The van der Waals surface area contributed by atoms with Crippen molar-refractivity contribution in [2.45, 2.75) is 51.0 Å². The number of hydrogen-bond donors (Lipinski definition) is 2. The molecular formula is C18H24N2O4S. The molecule has 0 spiro atoms. The van der Waals surface area contributed by atoms with Crippen LogP contribution in [0.1, 0.15) is 40.0 Å². The van der Waals surface area contributed by atoms with E-state index in [0.717, 1.165) is 12.8 Å². The fourth-order valence-electron chi connectivity index (χ4n) is 4.87. The van der Waals surface area contributed by atoms with Crippen molar-refractivity contribution in [1.29, 1.82) is 0 Å². The van der Waals surface area contributed by atoms with Gasteiger partial charge in [0.05, 0.1) is 10.6 Å². The number of rotatable bonds is 3. The van der Waals surface area contributed by atoms with Gasteiger partial charge in [-0.15, -0.1) is 0 Å². The summed E-state index contributed by atoms with van der Waals surface area (Å²) >= 11 is 0. The van der Waals surface area contributed by atoms with E-state index in [1.807, 2.05) is 0 Å². The van der Waals surface area contributed by atoms with E-state index in [-0.39, 0.29) is 34.3 Å². The predicted octanol–water partition coefficient (Wildman–Crippen LogP) is 2.51. The van der Waals surface area contributed by atoms with E-state index in [4.69, 9.17) is 4.74 Å². The first-order chi connectivity index (χ1) is 11.6. The Balaban J connectivity index is 1.61. The van der Waals surface area contributed by atoms with Gasteiger partial charge in [0.1, 0.15) is 5.75 Å². The van der Waals surface area contributed by atoms with Crippen molar-refractivity contribution in [2.24, 2.45) is 16.7 Å². The molecule has 0 saturated heterocycles. The largest absolute Gasteiger partial charge is 0.482 e. The van der Waals surface area contributed by atoms with Crippen LogP contribution in [0.15, 0.2) is 23.1 Å². The zero-order valence-corrected chi connectivity index (χ0v) is 15.6. The van der Waals surface area contributed by atoms with Crippen molar-refractivity contribution in [3.8, 4) is 5.75 Å². The normalized spacial score (nSPS) is 32.8. The zero-order valence-electron chi connectivity index (χ0n) is 14.8. The third-order valence-electron chi connectivity index (χ3n) is 6.99. The molecule has 2 bridgehead atoms. The first-order valence-electron chi connectivity index (χ1n) is 8.72. The lowest BCUT2D eigenvalue weighted by Crippen LogP contribution is -2.46. The van der Waals surface area contributed by atoms with Crippen LogP contribution < -0.4 is 14.8 Å². The summed E-state index contributed by atoms with van der Waals surface area (Å²) in [7, 11) is -3.66. The fourth-order valence-corrected chi connectivity index (χ4v) is 6.25. The molecule has 136 valence electrons. The monoisotopic (exact) mass is 364 g/mol. The van der Waals surface area contributed by atoms with Gasteiger partial charge in [0.15, 0.2) is 6.61 Å². The number of benzene rings is 1. The van der Waals surface area contributed by atoms with Crippen molar-refractivity contribution in [3.63, 3.8) is 0 Å². The van der Waals surface area contributed by atoms with Crippen LogP contribution in [0.3, 0.4) is 0 Å². The molecule has 1 amide bonds. The van der Waals surface area contributed by atoms with Crippen LogP contribution >= 0.6 is 0 Å². The molecule has 1 heterocycles. The zero-order chi connectivity index (χ0) is 18.0. The Morgan fingerprint density at radius 1 is 1.28 bits per heavy atom. The van der Waals surface area contributed by atoms with Crippen LogP contribution in [0.25, 0.3) is 0 Å². The summed E-state index contributed by atoms with van der Waals surface area (Å²) in [6.07, 6.45) is 3.10. The quantitative estimate of drug-likeness (QED) is 0.863. The lowest BCUT2D eigenvalue weighted by atomic mass is 9.69. The van der Waals surface area contributed by atoms with Gasteiger partial charge in [-0.3, -0.25) is 4.79 Å². The Kier molecular flexibility index (Phi) is 3.51. The van der Waals surface area contributed by atoms with E-state index in [2.05, 4.69) is 30.8 Å². The van der Waals surface area contributed by atoms with Crippen molar-refractivity contribution in [3.05, 3.63) is 18.2 Å². The molecule has 3 atom stereocenters. The van der Waals surface area contributed by atoms with Gasteiger partial charge in [-0.05, 0) is 54.2 Å². The van der Waals surface area contributed by atoms with Crippen LogP contribution in [-0.2, 0) is 14.8 Å². The van der Waals surface area contributed by atoms with Gasteiger partial charge in [0, 0.05) is 6.04 Å². The number of amides is 1. The molecule has 2 saturated carbocycles. The highest BCUT2D eigenvalue weighted by Crippen LogP contribution is 2.65.